The Morgan fingerprint density at radius 3 is 2.43 bits per heavy atom. The van der Waals surface area contributed by atoms with Gasteiger partial charge >= 0.3 is 0 Å². The normalized spacial score (nSPS) is 14.7. The van der Waals surface area contributed by atoms with E-state index in [0.29, 0.717) is 0 Å². The molecule has 0 saturated heterocycles. The zero-order chi connectivity index (χ0) is 16.4. The van der Waals surface area contributed by atoms with Gasteiger partial charge in [0.25, 0.3) is 0 Å². The van der Waals surface area contributed by atoms with Crippen LogP contribution in [-0.4, -0.2) is 29.6 Å². The maximum absolute atomic E-state index is 10.8. The second-order valence-electron chi connectivity index (χ2n) is 6.26. The van der Waals surface area contributed by atoms with Crippen LogP contribution in [0, 0.1) is 5.92 Å². The van der Waals surface area contributed by atoms with Crippen molar-refractivity contribution in [1.29, 1.82) is 0 Å². The second-order valence-corrected chi connectivity index (χ2v) is 7.35. The zero-order valence-electron chi connectivity index (χ0n) is 14.1. The van der Waals surface area contributed by atoms with Gasteiger partial charge in [-0.2, -0.15) is 0 Å². The Morgan fingerprint density at radius 1 is 1.00 bits per heavy atom. The monoisotopic (exact) mass is 327 g/mol. The summed E-state index contributed by atoms with van der Waals surface area (Å²) in [6, 6.07) is 14.9. The summed E-state index contributed by atoms with van der Waals surface area (Å²) in [5, 5.41) is 13.3. The molecule has 2 unspecified atom stereocenters. The number of thiophene rings is 1. The van der Waals surface area contributed by atoms with E-state index in [9.17, 15) is 5.11 Å². The van der Waals surface area contributed by atoms with Gasteiger partial charge in [0, 0.05) is 26.7 Å². The molecule has 0 fully saturated rings. The molecule has 2 aromatic carbocycles. The van der Waals surface area contributed by atoms with Crippen molar-refractivity contribution in [3.05, 3.63) is 48.0 Å². The molecule has 0 aliphatic rings. The van der Waals surface area contributed by atoms with Gasteiger partial charge in [-0.1, -0.05) is 45.0 Å². The van der Waals surface area contributed by atoms with Crippen molar-refractivity contribution in [3.8, 4) is 0 Å². The van der Waals surface area contributed by atoms with Crippen LogP contribution >= 0.6 is 11.3 Å². The molecule has 0 amide bonds. The third-order valence-electron chi connectivity index (χ3n) is 4.72. The first-order valence-electron chi connectivity index (χ1n) is 8.45. The standard InChI is InChI=1S/C20H25NOS/c1-4-21(5-2)13-14(3)20(22)15-10-11-19-17(12-15)16-8-6-7-9-18(16)23-19/h6-12,14,20,22H,4-5,13H2,1-3H3. The van der Waals surface area contributed by atoms with Crippen LogP contribution in [-0.2, 0) is 0 Å². The van der Waals surface area contributed by atoms with Crippen molar-refractivity contribution in [2.24, 2.45) is 5.92 Å². The van der Waals surface area contributed by atoms with Crippen LogP contribution in [0.25, 0.3) is 20.2 Å². The largest absolute Gasteiger partial charge is 0.388 e. The third kappa shape index (κ3) is 3.27. The van der Waals surface area contributed by atoms with Crippen LogP contribution in [0.5, 0.6) is 0 Å². The number of rotatable bonds is 6. The quantitative estimate of drug-likeness (QED) is 0.683. The lowest BCUT2D eigenvalue weighted by Crippen LogP contribution is -2.30. The molecule has 1 heterocycles. The van der Waals surface area contributed by atoms with Crippen LogP contribution in [0.3, 0.4) is 0 Å². The van der Waals surface area contributed by atoms with Gasteiger partial charge in [-0.05, 0) is 42.8 Å². The summed E-state index contributed by atoms with van der Waals surface area (Å²) in [7, 11) is 0. The Hall–Kier alpha value is -1.42. The lowest BCUT2D eigenvalue weighted by atomic mass is 9.95. The van der Waals surface area contributed by atoms with Gasteiger partial charge in [0.05, 0.1) is 6.10 Å². The molecule has 3 heteroatoms. The summed E-state index contributed by atoms with van der Waals surface area (Å²) in [5.41, 5.74) is 1.03. The van der Waals surface area contributed by atoms with E-state index in [1.165, 1.54) is 20.2 Å². The summed E-state index contributed by atoms with van der Waals surface area (Å²) in [5.74, 6) is 0.220. The van der Waals surface area contributed by atoms with Gasteiger partial charge < -0.3 is 10.0 Å². The fourth-order valence-electron chi connectivity index (χ4n) is 3.25. The molecule has 0 aliphatic carbocycles. The van der Waals surface area contributed by atoms with E-state index in [1.807, 2.05) is 11.3 Å². The van der Waals surface area contributed by atoms with E-state index in [0.717, 1.165) is 25.2 Å². The minimum atomic E-state index is -0.418. The molecule has 3 aromatic rings. The molecule has 2 atom stereocenters. The fraction of sp³-hybridized carbons (Fsp3) is 0.400. The highest BCUT2D eigenvalue weighted by Crippen LogP contribution is 2.36. The number of hydrogen-bond donors (Lipinski definition) is 1. The predicted octanol–water partition coefficient (Wildman–Crippen LogP) is 5.07. The highest BCUT2D eigenvalue weighted by molar-refractivity contribution is 7.25. The Balaban J connectivity index is 1.91. The highest BCUT2D eigenvalue weighted by atomic mass is 32.1. The smallest absolute Gasteiger partial charge is 0.0828 e. The molecule has 122 valence electrons. The Morgan fingerprint density at radius 2 is 1.70 bits per heavy atom. The topological polar surface area (TPSA) is 23.5 Å². The molecule has 3 rings (SSSR count). The molecule has 0 saturated carbocycles. The number of hydrogen-bond acceptors (Lipinski definition) is 3. The van der Waals surface area contributed by atoms with E-state index in [-0.39, 0.29) is 5.92 Å². The van der Waals surface area contributed by atoms with Crippen LogP contribution in [0.4, 0.5) is 0 Å². The number of aliphatic hydroxyl groups is 1. The van der Waals surface area contributed by atoms with Crippen molar-refractivity contribution < 1.29 is 5.11 Å². The zero-order valence-corrected chi connectivity index (χ0v) is 14.9. The molecule has 0 spiro atoms. The SMILES string of the molecule is CCN(CC)CC(C)C(O)c1ccc2sc3ccccc3c2c1. The second kappa shape index (κ2) is 7.00. The third-order valence-corrected chi connectivity index (χ3v) is 5.87. The summed E-state index contributed by atoms with van der Waals surface area (Å²) in [4.78, 5) is 2.37. The van der Waals surface area contributed by atoms with Crippen LogP contribution in [0.15, 0.2) is 42.5 Å². The number of nitrogens with zero attached hydrogens (tertiary/aromatic N) is 1. The summed E-state index contributed by atoms with van der Waals surface area (Å²) in [6.45, 7) is 9.47. The summed E-state index contributed by atoms with van der Waals surface area (Å²) in [6.07, 6.45) is -0.418. The molecule has 2 nitrogen and oxygen atoms in total. The lowest BCUT2D eigenvalue weighted by Gasteiger charge is -2.26. The van der Waals surface area contributed by atoms with Crippen molar-refractivity contribution in [2.45, 2.75) is 26.9 Å². The van der Waals surface area contributed by atoms with Gasteiger partial charge in [-0.15, -0.1) is 11.3 Å². The van der Waals surface area contributed by atoms with Crippen molar-refractivity contribution in [2.75, 3.05) is 19.6 Å². The molecule has 1 aromatic heterocycles. The molecule has 1 N–H and O–H groups in total. The van der Waals surface area contributed by atoms with Gasteiger partial charge in [-0.25, -0.2) is 0 Å². The van der Waals surface area contributed by atoms with Crippen LogP contribution in [0.2, 0.25) is 0 Å². The Labute approximate surface area is 142 Å². The van der Waals surface area contributed by atoms with E-state index in [2.05, 4.69) is 68.1 Å². The molecule has 0 aliphatic heterocycles. The highest BCUT2D eigenvalue weighted by Gasteiger charge is 2.19. The number of fused-ring (bicyclic) bond motifs is 3. The minimum absolute atomic E-state index is 0.220. The van der Waals surface area contributed by atoms with E-state index < -0.39 is 6.10 Å². The maximum Gasteiger partial charge on any atom is 0.0828 e. The van der Waals surface area contributed by atoms with E-state index >= 15 is 0 Å². The molecular weight excluding hydrogens is 302 g/mol. The maximum atomic E-state index is 10.8. The van der Waals surface area contributed by atoms with Crippen LogP contribution in [0.1, 0.15) is 32.4 Å². The van der Waals surface area contributed by atoms with Crippen molar-refractivity contribution >= 4 is 31.5 Å². The average Bonchev–Trinajstić information content (AvgIpc) is 2.96. The van der Waals surface area contributed by atoms with E-state index in [1.54, 1.807) is 0 Å². The molecule has 0 radical (unpaired) electrons. The van der Waals surface area contributed by atoms with Crippen LogP contribution < -0.4 is 0 Å². The van der Waals surface area contributed by atoms with Gasteiger partial charge in [0.15, 0.2) is 0 Å². The van der Waals surface area contributed by atoms with Gasteiger partial charge in [-0.3, -0.25) is 0 Å². The molecule has 0 bridgehead atoms. The Kier molecular flexibility index (Phi) is 5.00. The number of benzene rings is 2. The predicted molar refractivity (Wildman–Crippen MR) is 101 cm³/mol. The first-order valence-corrected chi connectivity index (χ1v) is 9.27. The Bertz CT molecular complexity index is 791. The van der Waals surface area contributed by atoms with Gasteiger partial charge in [0.2, 0.25) is 0 Å². The average molecular weight is 327 g/mol. The van der Waals surface area contributed by atoms with Crippen molar-refractivity contribution in [3.63, 3.8) is 0 Å². The van der Waals surface area contributed by atoms with E-state index in [4.69, 9.17) is 0 Å². The number of aliphatic hydroxyl groups excluding tert-OH is 1. The lowest BCUT2D eigenvalue weighted by molar-refractivity contribution is 0.0912. The summed E-state index contributed by atoms with van der Waals surface area (Å²) >= 11 is 1.82. The van der Waals surface area contributed by atoms with Gasteiger partial charge in [0.1, 0.15) is 0 Å². The fourth-order valence-corrected chi connectivity index (χ4v) is 4.33. The minimum Gasteiger partial charge on any atom is -0.388 e. The first-order chi connectivity index (χ1) is 11.1. The summed E-state index contributed by atoms with van der Waals surface area (Å²) < 4.78 is 2.60. The molecule has 23 heavy (non-hydrogen) atoms. The van der Waals surface area contributed by atoms with Crippen molar-refractivity contribution in [1.82, 2.24) is 4.90 Å². The molecular formula is C20H25NOS. The first kappa shape index (κ1) is 16.4.